The number of fused-ring (bicyclic) bond motifs is 6. The second-order valence-corrected chi connectivity index (χ2v) is 16.6. The Labute approximate surface area is 382 Å². The predicted molar refractivity (Wildman–Crippen MR) is 273 cm³/mol. The monoisotopic (exact) mass is 841 g/mol. The molecule has 1 N–H and O–H groups in total. The molecule has 10 aromatic carbocycles. The molecule has 0 atom stereocenters. The second kappa shape index (κ2) is 16.2. The van der Waals surface area contributed by atoms with E-state index in [1.54, 1.807) is 0 Å². The summed E-state index contributed by atoms with van der Waals surface area (Å²) in [7, 11) is 0. The van der Waals surface area contributed by atoms with Gasteiger partial charge in [-0.2, -0.15) is 5.26 Å². The molecule has 5 heteroatoms. The summed E-state index contributed by atoms with van der Waals surface area (Å²) in [4.78, 5) is 10.6. The maximum Gasteiger partial charge on any atom is 0.160 e. The highest BCUT2D eigenvalue weighted by molar-refractivity contribution is 6.11. The smallest absolute Gasteiger partial charge is 0.160 e. The van der Waals surface area contributed by atoms with Crippen LogP contribution in [0.15, 0.2) is 231 Å². The average molecular weight is 842 g/mol. The van der Waals surface area contributed by atoms with Gasteiger partial charge in [0.15, 0.2) is 5.82 Å². The van der Waals surface area contributed by atoms with E-state index in [1.807, 2.05) is 42.5 Å². The summed E-state index contributed by atoms with van der Waals surface area (Å²) in [6, 6.07) is 82.8. The number of nitrogens with zero attached hydrogens (tertiary/aromatic N) is 4. The summed E-state index contributed by atoms with van der Waals surface area (Å²) >= 11 is 0. The number of hydrogen-bond acceptors (Lipinski definition) is 4. The molecule has 308 valence electrons. The molecule has 0 saturated carbocycles. The highest BCUT2D eigenvalue weighted by Gasteiger charge is 2.18. The Kier molecular flexibility index (Phi) is 9.48. The van der Waals surface area contributed by atoms with Crippen molar-refractivity contribution in [3.05, 3.63) is 236 Å². The van der Waals surface area contributed by atoms with Crippen molar-refractivity contribution < 1.29 is 0 Å². The maximum absolute atomic E-state index is 9.60. The Hall–Kier alpha value is -9.11. The lowest BCUT2D eigenvalue weighted by Gasteiger charge is -2.14. The number of nitriles is 1. The molecule has 66 heavy (non-hydrogen) atoms. The summed E-state index contributed by atoms with van der Waals surface area (Å²) in [6.45, 7) is 0. The van der Waals surface area contributed by atoms with Gasteiger partial charge in [0, 0.05) is 55.3 Å². The third-order valence-corrected chi connectivity index (χ3v) is 12.6. The third-order valence-electron chi connectivity index (χ3n) is 12.6. The van der Waals surface area contributed by atoms with Crippen molar-refractivity contribution in [2.45, 2.75) is 0 Å². The Morgan fingerprint density at radius 3 is 1.88 bits per heavy atom. The first-order valence-electron chi connectivity index (χ1n) is 22.1. The van der Waals surface area contributed by atoms with E-state index in [0.29, 0.717) is 11.4 Å². The van der Waals surface area contributed by atoms with Gasteiger partial charge in [-0.1, -0.05) is 140 Å². The highest BCUT2D eigenvalue weighted by Crippen LogP contribution is 2.39. The van der Waals surface area contributed by atoms with Crippen LogP contribution in [0.25, 0.3) is 105 Å². The van der Waals surface area contributed by atoms with Gasteiger partial charge in [-0.3, -0.25) is 0 Å². The van der Waals surface area contributed by atoms with Crippen molar-refractivity contribution in [1.82, 2.24) is 14.5 Å². The maximum atomic E-state index is 9.60. The van der Waals surface area contributed by atoms with Gasteiger partial charge in [0.05, 0.1) is 33.9 Å². The average Bonchev–Trinajstić information content (AvgIpc) is 3.72. The van der Waals surface area contributed by atoms with E-state index in [4.69, 9.17) is 9.97 Å². The summed E-state index contributed by atoms with van der Waals surface area (Å²) in [6.07, 6.45) is 0. The zero-order chi connectivity index (χ0) is 44.0. The SMILES string of the molecule is N#Cc1cccc(-c2cccc(-c3nc(-c4ccc(-n5c6ccccc6c6cc(-c7cccc(-c8ccccc8Nc8ccccc8)c7)ccc65)cc4)nc4c3ccc3ccccc34)c2)c1. The van der Waals surface area contributed by atoms with E-state index in [2.05, 4.69) is 204 Å². The first-order chi connectivity index (χ1) is 32.6. The molecular weight excluding hydrogens is 803 g/mol. The molecule has 0 fully saturated rings. The van der Waals surface area contributed by atoms with Crippen molar-refractivity contribution in [3.63, 3.8) is 0 Å². The standard InChI is InChI=1S/C61H39N5/c62-39-40-13-10-15-43(35-40)45-17-12-19-48(37-45)59-54-33-29-41-14-4-5-23-52(41)60(54)65-61(64-59)42-27-31-50(32-28-42)66-57-26-9-7-24-53(57)55-38-46(30-34-58(55)66)44-16-11-18-47(36-44)51-22-6-8-25-56(51)63-49-20-2-1-3-21-49/h1-38,63H. The summed E-state index contributed by atoms with van der Waals surface area (Å²) in [5, 5.41) is 18.8. The van der Waals surface area contributed by atoms with Crippen LogP contribution in [0, 0.1) is 11.3 Å². The minimum atomic E-state index is 0.629. The van der Waals surface area contributed by atoms with Gasteiger partial charge in [0.25, 0.3) is 0 Å². The van der Waals surface area contributed by atoms with Gasteiger partial charge in [-0.05, 0) is 124 Å². The van der Waals surface area contributed by atoms with Crippen LogP contribution in [-0.2, 0) is 0 Å². The number of para-hydroxylation sites is 3. The summed E-state index contributed by atoms with van der Waals surface area (Å²) in [5.41, 5.74) is 16.4. The molecule has 0 radical (unpaired) electrons. The predicted octanol–water partition coefficient (Wildman–Crippen LogP) is 15.8. The van der Waals surface area contributed by atoms with E-state index < -0.39 is 0 Å². The zero-order valence-electron chi connectivity index (χ0n) is 35.7. The van der Waals surface area contributed by atoms with Crippen molar-refractivity contribution in [3.8, 4) is 67.8 Å². The van der Waals surface area contributed by atoms with Crippen LogP contribution in [-0.4, -0.2) is 14.5 Å². The number of aromatic nitrogens is 3. The number of rotatable bonds is 8. The quantitative estimate of drug-likeness (QED) is 0.155. The van der Waals surface area contributed by atoms with Crippen LogP contribution in [0.3, 0.4) is 0 Å². The van der Waals surface area contributed by atoms with Crippen LogP contribution >= 0.6 is 0 Å². The molecule has 0 aliphatic carbocycles. The first kappa shape index (κ1) is 38.6. The molecule has 0 spiro atoms. The highest BCUT2D eigenvalue weighted by atomic mass is 15.0. The molecule has 0 aliphatic rings. The molecular formula is C61H39N5. The Morgan fingerprint density at radius 2 is 1.05 bits per heavy atom. The van der Waals surface area contributed by atoms with Gasteiger partial charge < -0.3 is 9.88 Å². The van der Waals surface area contributed by atoms with Crippen LogP contribution in [0.5, 0.6) is 0 Å². The number of hydrogen-bond donors (Lipinski definition) is 1. The first-order valence-corrected chi connectivity index (χ1v) is 22.1. The van der Waals surface area contributed by atoms with Gasteiger partial charge in [-0.15, -0.1) is 0 Å². The lowest BCUT2D eigenvalue weighted by molar-refractivity contribution is 1.17. The molecule has 0 saturated heterocycles. The normalized spacial score (nSPS) is 11.3. The largest absolute Gasteiger partial charge is 0.355 e. The Balaban J connectivity index is 0.931. The van der Waals surface area contributed by atoms with Gasteiger partial charge in [0.1, 0.15) is 0 Å². The van der Waals surface area contributed by atoms with Crippen molar-refractivity contribution >= 4 is 54.9 Å². The van der Waals surface area contributed by atoms with Crippen LogP contribution < -0.4 is 5.32 Å². The fourth-order valence-corrected chi connectivity index (χ4v) is 9.40. The fraction of sp³-hybridized carbons (Fsp3) is 0. The minimum Gasteiger partial charge on any atom is -0.355 e. The van der Waals surface area contributed by atoms with E-state index in [0.717, 1.165) is 100.0 Å². The summed E-state index contributed by atoms with van der Waals surface area (Å²) < 4.78 is 2.35. The molecule has 2 heterocycles. The van der Waals surface area contributed by atoms with Crippen molar-refractivity contribution in [1.29, 1.82) is 5.26 Å². The van der Waals surface area contributed by atoms with Gasteiger partial charge in [0.2, 0.25) is 0 Å². The summed E-state index contributed by atoms with van der Waals surface area (Å²) in [5.74, 6) is 0.657. The Morgan fingerprint density at radius 1 is 0.409 bits per heavy atom. The number of anilines is 2. The minimum absolute atomic E-state index is 0.629. The molecule has 5 nitrogen and oxygen atoms in total. The molecule has 12 rings (SSSR count). The van der Waals surface area contributed by atoms with E-state index in [1.165, 1.54) is 10.8 Å². The topological polar surface area (TPSA) is 66.5 Å². The lowest BCUT2D eigenvalue weighted by atomic mass is 9.97. The molecule has 0 bridgehead atoms. The zero-order valence-corrected chi connectivity index (χ0v) is 35.7. The van der Waals surface area contributed by atoms with Crippen LogP contribution in [0.1, 0.15) is 5.56 Å². The van der Waals surface area contributed by atoms with Crippen molar-refractivity contribution in [2.75, 3.05) is 5.32 Å². The number of benzene rings is 10. The van der Waals surface area contributed by atoms with E-state index >= 15 is 0 Å². The lowest BCUT2D eigenvalue weighted by Crippen LogP contribution is -1.97. The molecule has 0 unspecified atom stereocenters. The molecule has 12 aromatic rings. The third kappa shape index (κ3) is 6.91. The molecule has 2 aromatic heterocycles. The van der Waals surface area contributed by atoms with Crippen molar-refractivity contribution in [2.24, 2.45) is 0 Å². The molecule has 0 amide bonds. The number of nitrogens with one attached hydrogen (secondary N) is 1. The van der Waals surface area contributed by atoms with Crippen LogP contribution in [0.2, 0.25) is 0 Å². The van der Waals surface area contributed by atoms with Crippen LogP contribution in [0.4, 0.5) is 11.4 Å². The van der Waals surface area contributed by atoms with Gasteiger partial charge >= 0.3 is 0 Å². The molecule has 0 aliphatic heterocycles. The fourth-order valence-electron chi connectivity index (χ4n) is 9.40. The van der Waals surface area contributed by atoms with E-state index in [-0.39, 0.29) is 0 Å². The Bertz CT molecular complexity index is 3860. The second-order valence-electron chi connectivity index (χ2n) is 16.6. The van der Waals surface area contributed by atoms with Gasteiger partial charge in [-0.25, -0.2) is 9.97 Å². The van der Waals surface area contributed by atoms with E-state index in [9.17, 15) is 5.26 Å².